The van der Waals surface area contributed by atoms with Crippen LogP contribution in [0.4, 0.5) is 28.9 Å². The van der Waals surface area contributed by atoms with Gasteiger partial charge in [-0.1, -0.05) is 6.07 Å². The maximum absolute atomic E-state index is 14.6. The lowest BCUT2D eigenvalue weighted by Gasteiger charge is -2.43. The van der Waals surface area contributed by atoms with Crippen molar-refractivity contribution in [2.24, 2.45) is 0 Å². The van der Waals surface area contributed by atoms with Gasteiger partial charge in [0.25, 0.3) is 5.91 Å². The number of nitriles is 1. The van der Waals surface area contributed by atoms with Gasteiger partial charge in [0, 0.05) is 30.6 Å². The summed E-state index contributed by atoms with van der Waals surface area (Å²) in [5, 5.41) is 9.00. The number of anilines is 2. The number of carbonyl (C=O) groups excluding carboxylic acids is 1. The summed E-state index contributed by atoms with van der Waals surface area (Å²) >= 11 is 5.59. The van der Waals surface area contributed by atoms with Crippen LogP contribution >= 0.6 is 12.2 Å². The van der Waals surface area contributed by atoms with Crippen molar-refractivity contribution in [1.82, 2.24) is 9.97 Å². The number of hydrogen-bond donors (Lipinski definition) is 0. The van der Waals surface area contributed by atoms with Crippen molar-refractivity contribution < 1.29 is 27.1 Å². The smallest absolute Gasteiger partial charge is 0.419 e. The zero-order valence-corrected chi connectivity index (χ0v) is 20.5. The van der Waals surface area contributed by atoms with Gasteiger partial charge in [-0.3, -0.25) is 14.7 Å². The third kappa shape index (κ3) is 4.32. The molecule has 1 saturated carbocycles. The standard InChI is InChI=1S/C26H19F4N5O2S/c27-20-5-4-17(12-22(20)37-10-6-16-3-1-9-32-14-16)35-24(38)34(23(36)25(35)7-2-8-25)18-11-19(26(28,29)30)21(13-31)33-15-18/h1,3-5,9,11-12,14-15H,2,6-8,10H2. The molecule has 0 unspecified atom stereocenters. The molecule has 1 aliphatic carbocycles. The second kappa shape index (κ2) is 9.64. The molecule has 2 fully saturated rings. The highest BCUT2D eigenvalue weighted by Crippen LogP contribution is 2.48. The number of alkyl halides is 3. The second-order valence-corrected chi connectivity index (χ2v) is 9.28. The van der Waals surface area contributed by atoms with E-state index in [4.69, 9.17) is 22.2 Å². The van der Waals surface area contributed by atoms with Crippen molar-refractivity contribution in [3.8, 4) is 11.8 Å². The van der Waals surface area contributed by atoms with Crippen LogP contribution in [-0.4, -0.2) is 33.1 Å². The van der Waals surface area contributed by atoms with Crippen LogP contribution < -0.4 is 14.5 Å². The summed E-state index contributed by atoms with van der Waals surface area (Å²) in [5.41, 5.74) is -2.10. The Bertz CT molecular complexity index is 1450. The number of ether oxygens (including phenoxy) is 1. The van der Waals surface area contributed by atoms with Crippen molar-refractivity contribution in [1.29, 1.82) is 5.26 Å². The Labute approximate surface area is 220 Å². The van der Waals surface area contributed by atoms with Crippen LogP contribution in [0.15, 0.2) is 55.0 Å². The molecule has 194 valence electrons. The highest BCUT2D eigenvalue weighted by atomic mass is 32.1. The SMILES string of the molecule is N#Cc1ncc(N2C(=O)C3(CCC3)N(c3ccc(F)c(OCCc4cccnc4)c3)C2=S)cc1C(F)(F)F. The molecule has 0 atom stereocenters. The number of halogens is 4. The zero-order chi connectivity index (χ0) is 27.1. The van der Waals surface area contributed by atoms with Crippen LogP contribution in [0.25, 0.3) is 0 Å². The molecule has 7 nitrogen and oxygen atoms in total. The van der Waals surface area contributed by atoms with E-state index >= 15 is 0 Å². The molecule has 3 aromatic rings. The predicted molar refractivity (Wildman–Crippen MR) is 133 cm³/mol. The summed E-state index contributed by atoms with van der Waals surface area (Å²) in [6.45, 7) is 0.170. The summed E-state index contributed by atoms with van der Waals surface area (Å²) in [6.07, 6.45) is 1.50. The lowest BCUT2D eigenvalue weighted by molar-refractivity contribution is -0.138. The largest absolute Gasteiger partial charge is 0.490 e. The first-order valence-corrected chi connectivity index (χ1v) is 12.0. The molecular formula is C26H19F4N5O2S. The normalized spacial score (nSPS) is 16.5. The molecule has 2 aliphatic rings. The number of benzene rings is 1. The average Bonchev–Trinajstić information content (AvgIpc) is 3.11. The van der Waals surface area contributed by atoms with E-state index in [1.807, 2.05) is 6.07 Å². The molecule has 1 spiro atoms. The Kier molecular flexibility index (Phi) is 6.48. The number of nitrogens with zero attached hydrogens (tertiary/aromatic N) is 5. The Morgan fingerprint density at radius 3 is 2.58 bits per heavy atom. The van der Waals surface area contributed by atoms with Crippen molar-refractivity contribution in [2.45, 2.75) is 37.4 Å². The topological polar surface area (TPSA) is 82.4 Å². The second-order valence-electron chi connectivity index (χ2n) is 8.92. The minimum absolute atomic E-state index is 0.0473. The number of amides is 1. The van der Waals surface area contributed by atoms with Gasteiger partial charge < -0.3 is 9.64 Å². The highest BCUT2D eigenvalue weighted by Gasteiger charge is 2.60. The van der Waals surface area contributed by atoms with Gasteiger partial charge in [0.15, 0.2) is 22.4 Å². The minimum atomic E-state index is -4.86. The summed E-state index contributed by atoms with van der Waals surface area (Å²) in [6, 6.07) is 9.85. The van der Waals surface area contributed by atoms with Gasteiger partial charge in [-0.2, -0.15) is 18.4 Å². The average molecular weight is 542 g/mol. The molecule has 38 heavy (non-hydrogen) atoms. The van der Waals surface area contributed by atoms with E-state index < -0.39 is 34.7 Å². The number of pyridine rings is 2. The van der Waals surface area contributed by atoms with Crippen molar-refractivity contribution in [3.05, 3.63) is 77.6 Å². The predicted octanol–water partition coefficient (Wildman–Crippen LogP) is 5.19. The van der Waals surface area contributed by atoms with Gasteiger partial charge in [0.05, 0.1) is 24.1 Å². The van der Waals surface area contributed by atoms with Crippen LogP contribution in [0.5, 0.6) is 5.75 Å². The molecule has 1 aliphatic heterocycles. The number of hydrogen-bond acceptors (Lipinski definition) is 6. The van der Waals surface area contributed by atoms with E-state index in [1.54, 1.807) is 23.4 Å². The summed E-state index contributed by atoms with van der Waals surface area (Å²) in [7, 11) is 0. The number of rotatable bonds is 6. The van der Waals surface area contributed by atoms with Crippen LogP contribution in [-0.2, 0) is 17.4 Å². The molecule has 0 N–H and O–H groups in total. The Morgan fingerprint density at radius 2 is 1.95 bits per heavy atom. The van der Waals surface area contributed by atoms with Crippen molar-refractivity contribution in [2.75, 3.05) is 16.4 Å². The van der Waals surface area contributed by atoms with Gasteiger partial charge in [0.1, 0.15) is 11.6 Å². The van der Waals surface area contributed by atoms with Crippen LogP contribution in [0.2, 0.25) is 0 Å². The van der Waals surface area contributed by atoms with Gasteiger partial charge in [-0.15, -0.1) is 0 Å². The van der Waals surface area contributed by atoms with Gasteiger partial charge in [0.2, 0.25) is 0 Å². The molecule has 3 heterocycles. The molecule has 1 aromatic carbocycles. The fraction of sp³-hybridized carbons (Fsp3) is 0.269. The zero-order valence-electron chi connectivity index (χ0n) is 19.7. The van der Waals surface area contributed by atoms with E-state index in [0.717, 1.165) is 16.7 Å². The third-order valence-electron chi connectivity index (χ3n) is 6.68. The van der Waals surface area contributed by atoms with E-state index in [1.165, 1.54) is 24.3 Å². The van der Waals surface area contributed by atoms with Crippen molar-refractivity contribution >= 4 is 34.6 Å². The molecule has 0 radical (unpaired) electrons. The Hall–Kier alpha value is -4.11. The van der Waals surface area contributed by atoms with E-state index in [2.05, 4.69) is 9.97 Å². The first-order valence-electron chi connectivity index (χ1n) is 11.6. The van der Waals surface area contributed by atoms with Crippen molar-refractivity contribution in [3.63, 3.8) is 0 Å². The van der Waals surface area contributed by atoms with Crippen LogP contribution in [0.3, 0.4) is 0 Å². The maximum Gasteiger partial charge on any atom is 0.419 e. The molecule has 1 saturated heterocycles. The fourth-order valence-corrected chi connectivity index (χ4v) is 5.12. The molecule has 12 heteroatoms. The third-order valence-corrected chi connectivity index (χ3v) is 7.04. The first-order chi connectivity index (χ1) is 18.2. The molecule has 5 rings (SSSR count). The lowest BCUT2D eigenvalue weighted by Crippen LogP contribution is -2.55. The van der Waals surface area contributed by atoms with Gasteiger partial charge >= 0.3 is 6.18 Å². The monoisotopic (exact) mass is 541 g/mol. The lowest BCUT2D eigenvalue weighted by atomic mass is 9.75. The van der Waals surface area contributed by atoms with E-state index in [-0.39, 0.29) is 23.2 Å². The highest BCUT2D eigenvalue weighted by molar-refractivity contribution is 7.81. The molecule has 1 amide bonds. The number of carbonyl (C=O) groups is 1. The maximum atomic E-state index is 14.6. The molecule has 2 aromatic heterocycles. The summed E-state index contributed by atoms with van der Waals surface area (Å²) in [5.74, 6) is -1.16. The van der Waals surface area contributed by atoms with E-state index in [0.29, 0.717) is 37.4 Å². The van der Waals surface area contributed by atoms with Gasteiger partial charge in [-0.05, 0) is 61.3 Å². The first kappa shape index (κ1) is 25.5. The fourth-order valence-electron chi connectivity index (χ4n) is 4.66. The quantitative estimate of drug-likeness (QED) is 0.314. The van der Waals surface area contributed by atoms with Gasteiger partial charge in [-0.25, -0.2) is 9.37 Å². The van der Waals surface area contributed by atoms with Crippen LogP contribution in [0.1, 0.15) is 36.1 Å². The molecular weight excluding hydrogens is 522 g/mol. The Morgan fingerprint density at radius 1 is 1.16 bits per heavy atom. The Balaban J connectivity index is 1.47. The van der Waals surface area contributed by atoms with E-state index in [9.17, 15) is 22.4 Å². The number of aromatic nitrogens is 2. The summed E-state index contributed by atoms with van der Waals surface area (Å²) in [4.78, 5) is 23.8. The molecule has 0 bridgehead atoms. The minimum Gasteiger partial charge on any atom is -0.490 e. The van der Waals surface area contributed by atoms with Crippen LogP contribution in [0, 0.1) is 17.1 Å². The summed E-state index contributed by atoms with van der Waals surface area (Å²) < 4.78 is 61.0. The number of thiocarbonyl (C=S) groups is 1.